The first-order chi connectivity index (χ1) is 9.68. The van der Waals surface area contributed by atoms with Gasteiger partial charge in [0.1, 0.15) is 0 Å². The standard InChI is InChI=1S/C14H14BrF3N2O/c1-8-5-10(20(2)19-8)7-13(21)9-3-4-12(15)11(6-9)14(16,17)18/h3-6,13,21H,7H2,1-2H3. The van der Waals surface area contributed by atoms with Gasteiger partial charge in [-0.3, -0.25) is 4.68 Å². The molecule has 0 bridgehead atoms. The number of hydrogen-bond donors (Lipinski definition) is 1. The number of aliphatic hydroxyl groups excluding tert-OH is 1. The normalized spacial score (nSPS) is 13.5. The number of aliphatic hydroxyl groups is 1. The molecule has 2 aromatic rings. The Kier molecular flexibility index (Phi) is 4.43. The van der Waals surface area contributed by atoms with Crippen molar-refractivity contribution in [2.24, 2.45) is 7.05 Å². The molecule has 0 amide bonds. The van der Waals surface area contributed by atoms with Gasteiger partial charge in [-0.15, -0.1) is 0 Å². The number of hydrogen-bond acceptors (Lipinski definition) is 2. The van der Waals surface area contributed by atoms with Gasteiger partial charge < -0.3 is 5.11 Å². The number of aryl methyl sites for hydroxylation is 2. The summed E-state index contributed by atoms with van der Waals surface area (Å²) in [7, 11) is 1.73. The third-order valence-electron chi connectivity index (χ3n) is 3.18. The molecule has 0 spiro atoms. The molecule has 1 aromatic heterocycles. The van der Waals surface area contributed by atoms with Crippen molar-refractivity contribution in [1.29, 1.82) is 0 Å². The summed E-state index contributed by atoms with van der Waals surface area (Å²) in [5.41, 5.74) is 0.993. The fourth-order valence-electron chi connectivity index (χ4n) is 2.14. The van der Waals surface area contributed by atoms with Gasteiger partial charge in [-0.05, 0) is 30.7 Å². The molecule has 0 saturated carbocycles. The highest BCUT2D eigenvalue weighted by Crippen LogP contribution is 2.36. The van der Waals surface area contributed by atoms with Gasteiger partial charge >= 0.3 is 6.18 Å². The van der Waals surface area contributed by atoms with E-state index in [2.05, 4.69) is 21.0 Å². The Hall–Kier alpha value is -1.34. The first-order valence-electron chi connectivity index (χ1n) is 6.22. The van der Waals surface area contributed by atoms with Crippen LogP contribution >= 0.6 is 15.9 Å². The lowest BCUT2D eigenvalue weighted by Gasteiger charge is -2.15. The zero-order valence-electron chi connectivity index (χ0n) is 11.4. The predicted molar refractivity (Wildman–Crippen MR) is 75.8 cm³/mol. The largest absolute Gasteiger partial charge is 0.417 e. The second kappa shape index (κ2) is 5.81. The molecule has 0 aliphatic rings. The number of aromatic nitrogens is 2. The summed E-state index contributed by atoms with van der Waals surface area (Å²) in [5.74, 6) is 0. The van der Waals surface area contributed by atoms with Crippen molar-refractivity contribution in [1.82, 2.24) is 9.78 Å². The average molecular weight is 363 g/mol. The number of rotatable bonds is 3. The van der Waals surface area contributed by atoms with Crippen molar-refractivity contribution >= 4 is 15.9 Å². The third kappa shape index (κ3) is 3.65. The summed E-state index contributed by atoms with van der Waals surface area (Å²) in [6.45, 7) is 1.82. The maximum atomic E-state index is 12.9. The van der Waals surface area contributed by atoms with E-state index < -0.39 is 17.8 Å². The topological polar surface area (TPSA) is 38.0 Å². The molecule has 0 aliphatic heterocycles. The second-order valence-corrected chi connectivity index (χ2v) is 5.71. The monoisotopic (exact) mass is 362 g/mol. The van der Waals surface area contributed by atoms with Crippen LogP contribution in [0.25, 0.3) is 0 Å². The van der Waals surface area contributed by atoms with Gasteiger partial charge in [0.2, 0.25) is 0 Å². The number of benzene rings is 1. The fraction of sp³-hybridized carbons (Fsp3) is 0.357. The van der Waals surface area contributed by atoms with Crippen LogP contribution in [0.2, 0.25) is 0 Å². The zero-order valence-corrected chi connectivity index (χ0v) is 13.0. The molecule has 114 valence electrons. The van der Waals surface area contributed by atoms with Crippen molar-refractivity contribution in [3.8, 4) is 0 Å². The quantitative estimate of drug-likeness (QED) is 0.901. The molecule has 1 atom stereocenters. The number of nitrogens with zero attached hydrogens (tertiary/aromatic N) is 2. The molecule has 0 saturated heterocycles. The highest BCUT2D eigenvalue weighted by atomic mass is 79.9. The van der Waals surface area contributed by atoms with Crippen molar-refractivity contribution in [3.05, 3.63) is 51.3 Å². The number of alkyl halides is 3. The molecule has 1 heterocycles. The fourth-order valence-corrected chi connectivity index (χ4v) is 2.61. The summed E-state index contributed by atoms with van der Waals surface area (Å²) < 4.78 is 40.2. The zero-order chi connectivity index (χ0) is 15.8. The molecule has 1 unspecified atom stereocenters. The maximum Gasteiger partial charge on any atom is 0.417 e. The van der Waals surface area contributed by atoms with Crippen molar-refractivity contribution in [2.45, 2.75) is 25.6 Å². The molecule has 0 aliphatic carbocycles. The van der Waals surface area contributed by atoms with Crippen LogP contribution in [0.15, 0.2) is 28.7 Å². The van der Waals surface area contributed by atoms with Gasteiger partial charge in [-0.1, -0.05) is 22.0 Å². The predicted octanol–water partition coefficient (Wildman–Crippen LogP) is 3.79. The minimum atomic E-state index is -4.46. The van der Waals surface area contributed by atoms with Crippen molar-refractivity contribution in [2.75, 3.05) is 0 Å². The molecule has 7 heteroatoms. The molecule has 21 heavy (non-hydrogen) atoms. The maximum absolute atomic E-state index is 12.9. The summed E-state index contributed by atoms with van der Waals surface area (Å²) >= 11 is 2.88. The van der Waals surface area contributed by atoms with E-state index in [4.69, 9.17) is 0 Å². The Morgan fingerprint density at radius 3 is 2.52 bits per heavy atom. The van der Waals surface area contributed by atoms with E-state index in [0.717, 1.165) is 17.5 Å². The van der Waals surface area contributed by atoms with E-state index in [0.29, 0.717) is 0 Å². The summed E-state index contributed by atoms with van der Waals surface area (Å²) in [5, 5.41) is 14.3. The van der Waals surface area contributed by atoms with Gasteiger partial charge in [0.15, 0.2) is 0 Å². The lowest BCUT2D eigenvalue weighted by atomic mass is 10.0. The SMILES string of the molecule is Cc1cc(CC(O)c2ccc(Br)c(C(F)(F)F)c2)n(C)n1. The Labute approximate surface area is 128 Å². The summed E-state index contributed by atoms with van der Waals surface area (Å²) in [6.07, 6.45) is -5.28. The van der Waals surface area contributed by atoms with E-state index in [1.54, 1.807) is 17.8 Å². The van der Waals surface area contributed by atoms with Gasteiger partial charge in [0, 0.05) is 23.6 Å². The smallest absolute Gasteiger partial charge is 0.388 e. The van der Waals surface area contributed by atoms with Crippen LogP contribution in [0.1, 0.15) is 28.6 Å². The second-order valence-electron chi connectivity index (χ2n) is 4.86. The minimum Gasteiger partial charge on any atom is -0.388 e. The van der Waals surface area contributed by atoms with E-state index in [1.807, 2.05) is 6.92 Å². The molecule has 2 rings (SSSR count). The summed E-state index contributed by atoms with van der Waals surface area (Å²) in [6, 6.07) is 5.55. The molecule has 0 radical (unpaired) electrons. The van der Waals surface area contributed by atoms with Crippen LogP contribution in [0.3, 0.4) is 0 Å². The van der Waals surface area contributed by atoms with Crippen LogP contribution in [-0.2, 0) is 19.6 Å². The van der Waals surface area contributed by atoms with E-state index >= 15 is 0 Å². The van der Waals surface area contributed by atoms with Crippen LogP contribution in [0.4, 0.5) is 13.2 Å². The average Bonchev–Trinajstić information content (AvgIpc) is 2.66. The van der Waals surface area contributed by atoms with Gasteiger partial charge in [-0.2, -0.15) is 18.3 Å². The minimum absolute atomic E-state index is 0.0395. The van der Waals surface area contributed by atoms with E-state index in [9.17, 15) is 18.3 Å². The van der Waals surface area contributed by atoms with Crippen molar-refractivity contribution in [3.63, 3.8) is 0 Å². The van der Waals surface area contributed by atoms with Crippen LogP contribution in [-0.4, -0.2) is 14.9 Å². The Bertz CT molecular complexity index is 652. The third-order valence-corrected chi connectivity index (χ3v) is 3.87. The lowest BCUT2D eigenvalue weighted by molar-refractivity contribution is -0.138. The summed E-state index contributed by atoms with van der Waals surface area (Å²) in [4.78, 5) is 0. The van der Waals surface area contributed by atoms with Gasteiger partial charge in [0.05, 0.1) is 17.4 Å². The highest BCUT2D eigenvalue weighted by molar-refractivity contribution is 9.10. The van der Waals surface area contributed by atoms with E-state index in [1.165, 1.54) is 12.1 Å². The Morgan fingerprint density at radius 1 is 1.33 bits per heavy atom. The highest BCUT2D eigenvalue weighted by Gasteiger charge is 2.33. The molecule has 1 N–H and O–H groups in total. The van der Waals surface area contributed by atoms with Gasteiger partial charge in [0.25, 0.3) is 0 Å². The molecular weight excluding hydrogens is 349 g/mol. The van der Waals surface area contributed by atoms with Crippen LogP contribution < -0.4 is 0 Å². The number of halogens is 4. The van der Waals surface area contributed by atoms with Gasteiger partial charge in [-0.25, -0.2) is 0 Å². The molecule has 0 fully saturated rings. The first-order valence-corrected chi connectivity index (χ1v) is 7.02. The Morgan fingerprint density at radius 2 is 2.00 bits per heavy atom. The molecular formula is C14H14BrF3N2O. The van der Waals surface area contributed by atoms with Crippen LogP contribution in [0, 0.1) is 6.92 Å². The Balaban J connectivity index is 2.27. The van der Waals surface area contributed by atoms with Crippen LogP contribution in [0.5, 0.6) is 0 Å². The van der Waals surface area contributed by atoms with Crippen molar-refractivity contribution < 1.29 is 18.3 Å². The lowest BCUT2D eigenvalue weighted by Crippen LogP contribution is -2.10. The van der Waals surface area contributed by atoms with E-state index in [-0.39, 0.29) is 16.5 Å². The first kappa shape index (κ1) is 16.0. The molecule has 3 nitrogen and oxygen atoms in total. The molecule has 1 aromatic carbocycles.